The molecule has 0 bridgehead atoms. The SMILES string of the molecule is Cc1cc(-c2c(C)c(C)c(C)c(C)c2C)[n+](C)c(C)c1C.Cc1cc(C)c(-c2cc(C)c(C)c[n+]2C)cc1C.Cc1cc(C)c(C)c(-c2cc(C)c(C)c[n+]2C)c1.Cc1ccc(-c2cc(C)c(C)c[n+]2C)c(C)c1.Cc1ccc(C)c(-c2cc(C)c(C)c[n+]2C)c1. The van der Waals surface area contributed by atoms with E-state index in [0.29, 0.717) is 0 Å². The Morgan fingerprint density at radius 2 is 0.516 bits per heavy atom. The van der Waals surface area contributed by atoms with Crippen LogP contribution in [-0.2, 0) is 35.2 Å². The smallest absolute Gasteiger partial charge is 0.201 e. The van der Waals surface area contributed by atoms with Crippen molar-refractivity contribution in [3.8, 4) is 56.3 Å². The zero-order valence-corrected chi connectivity index (χ0v) is 62.2. The van der Waals surface area contributed by atoms with Crippen LogP contribution in [-0.4, -0.2) is 0 Å². The van der Waals surface area contributed by atoms with Gasteiger partial charge >= 0.3 is 0 Å². The number of benzene rings is 5. The van der Waals surface area contributed by atoms with Gasteiger partial charge in [0.15, 0.2) is 30.5 Å². The fourth-order valence-corrected chi connectivity index (χ4v) is 12.5. The number of pyridine rings is 5. The molecule has 5 aromatic carbocycles. The van der Waals surface area contributed by atoms with Crippen LogP contribution in [0.25, 0.3) is 56.3 Å². The zero-order chi connectivity index (χ0) is 68.1. The first-order valence-corrected chi connectivity index (χ1v) is 32.7. The van der Waals surface area contributed by atoms with Gasteiger partial charge in [0.25, 0.3) is 0 Å². The van der Waals surface area contributed by atoms with E-state index in [2.05, 4.69) is 354 Å². The van der Waals surface area contributed by atoms with E-state index < -0.39 is 0 Å². The van der Waals surface area contributed by atoms with Crippen LogP contribution >= 0.6 is 0 Å². The molecule has 0 aliphatic carbocycles. The van der Waals surface area contributed by atoms with E-state index in [9.17, 15) is 0 Å². The van der Waals surface area contributed by atoms with Crippen molar-refractivity contribution < 1.29 is 22.8 Å². The standard InChI is InChI=1S/C20H28N.2C17H22N.2C16H20N/c1-11-10-19(21(9)18(8)12(11)2)20-16(6)14(4)13(3)15(5)17(20)7;1-11-7-14(4)16(8-12(11)2)17-9-13(3)15(5)10-18(17)6;1-11-7-13(3)15(5)16(8-11)17-9-12(2)14(4)10-18(17)6;1-11-6-7-15(13(3)8-11)16-9-12(2)14(4)10-17(16)5;1-11-6-7-12(2)15(8-11)16-9-13(3)14(4)10-17(16)5/h10H,1-9H3;2*7-10H,1-6H3;2*6-10H,1-5H3/q5*+1. The Labute approximate surface area is 551 Å². The summed E-state index contributed by atoms with van der Waals surface area (Å²) in [7, 11) is 10.7. The molecule has 0 saturated heterocycles. The van der Waals surface area contributed by atoms with Gasteiger partial charge in [-0.2, -0.15) is 4.57 Å². The van der Waals surface area contributed by atoms with Gasteiger partial charge in [0.1, 0.15) is 35.2 Å². The normalized spacial score (nSPS) is 10.8. The van der Waals surface area contributed by atoms with Crippen molar-refractivity contribution in [2.24, 2.45) is 35.2 Å². The quantitative estimate of drug-likeness (QED) is 0.153. The van der Waals surface area contributed by atoms with Gasteiger partial charge in [0.05, 0.1) is 5.56 Å². The van der Waals surface area contributed by atoms with Crippen LogP contribution in [0.4, 0.5) is 0 Å². The maximum atomic E-state index is 2.34. The molecular weight excluding hydrogens is 1100 g/mol. The largest absolute Gasteiger partial charge is 0.213 e. The third-order valence-corrected chi connectivity index (χ3v) is 20.1. The lowest BCUT2D eigenvalue weighted by Gasteiger charge is -2.18. The van der Waals surface area contributed by atoms with Crippen molar-refractivity contribution in [1.82, 2.24) is 0 Å². The number of aromatic nitrogens is 5. The minimum atomic E-state index is 1.28. The van der Waals surface area contributed by atoms with E-state index in [4.69, 9.17) is 0 Å². The highest BCUT2D eigenvalue weighted by Gasteiger charge is 2.24. The molecule has 0 fully saturated rings. The summed E-state index contributed by atoms with van der Waals surface area (Å²) < 4.78 is 11.2. The predicted molar refractivity (Wildman–Crippen MR) is 388 cm³/mol. The predicted octanol–water partition coefficient (Wildman–Crippen LogP) is 18.9. The summed E-state index contributed by atoms with van der Waals surface area (Å²) in [5.74, 6) is 0. The second-order valence-electron chi connectivity index (χ2n) is 27.2. The minimum absolute atomic E-state index is 1.28. The van der Waals surface area contributed by atoms with Gasteiger partial charge < -0.3 is 0 Å². The molecule has 0 aliphatic rings. The average molecular weight is 1220 g/mol. The van der Waals surface area contributed by atoms with E-state index in [1.807, 2.05) is 0 Å². The lowest BCUT2D eigenvalue weighted by Crippen LogP contribution is -2.36. The highest BCUT2D eigenvalue weighted by Crippen LogP contribution is 2.34. The van der Waals surface area contributed by atoms with E-state index in [1.165, 1.54) is 201 Å². The van der Waals surface area contributed by atoms with Crippen molar-refractivity contribution in [3.63, 3.8) is 0 Å². The van der Waals surface area contributed by atoms with Gasteiger partial charge in [0, 0.05) is 87.3 Å². The first-order valence-electron chi connectivity index (χ1n) is 32.7. The van der Waals surface area contributed by atoms with Crippen LogP contribution in [0.3, 0.4) is 0 Å². The molecule has 0 amide bonds. The van der Waals surface area contributed by atoms with Crippen LogP contribution in [0.2, 0.25) is 0 Å². The summed E-state index contributed by atoms with van der Waals surface area (Å²) in [5, 5.41) is 0. The number of nitrogens with zero attached hydrogens (tertiary/aromatic N) is 5. The third kappa shape index (κ3) is 16.5. The molecule has 0 saturated carbocycles. The molecule has 0 atom stereocenters. The molecule has 10 rings (SSSR count). The Morgan fingerprint density at radius 1 is 0.198 bits per heavy atom. The fraction of sp³-hybridized carbons (Fsp3) is 0.360. The maximum Gasteiger partial charge on any atom is 0.213 e. The molecule has 5 heteroatoms. The Kier molecular flexibility index (Phi) is 23.6. The van der Waals surface area contributed by atoms with E-state index in [-0.39, 0.29) is 0 Å². The summed E-state index contributed by atoms with van der Waals surface area (Å²) in [6.45, 7) is 56.9. The van der Waals surface area contributed by atoms with Gasteiger partial charge in [-0.3, -0.25) is 0 Å². The van der Waals surface area contributed by atoms with Gasteiger partial charge in [-0.25, -0.2) is 18.3 Å². The number of rotatable bonds is 5. The lowest BCUT2D eigenvalue weighted by molar-refractivity contribution is -0.667. The van der Waals surface area contributed by atoms with Gasteiger partial charge in [-0.05, 0) is 292 Å². The van der Waals surface area contributed by atoms with Crippen molar-refractivity contribution in [2.45, 2.75) is 180 Å². The topological polar surface area (TPSA) is 19.4 Å². The Morgan fingerprint density at radius 3 is 0.967 bits per heavy atom. The summed E-state index contributed by atoms with van der Waals surface area (Å²) >= 11 is 0. The summed E-state index contributed by atoms with van der Waals surface area (Å²) in [6, 6.07) is 33.8. The minimum Gasteiger partial charge on any atom is -0.201 e. The molecular formula is C86H112N5+5. The fourth-order valence-electron chi connectivity index (χ4n) is 12.5. The number of aryl methyl sites for hydroxylation is 22. The molecule has 0 aliphatic heterocycles. The molecule has 5 aromatic heterocycles. The molecule has 0 radical (unpaired) electrons. The molecule has 5 nitrogen and oxygen atoms in total. The van der Waals surface area contributed by atoms with Crippen LogP contribution in [0, 0.1) is 180 Å². The highest BCUT2D eigenvalue weighted by atomic mass is 15.0. The van der Waals surface area contributed by atoms with Crippen molar-refractivity contribution in [3.05, 3.63) is 261 Å². The second-order valence-corrected chi connectivity index (χ2v) is 27.2. The van der Waals surface area contributed by atoms with Gasteiger partial charge in [-0.1, -0.05) is 53.1 Å². The third-order valence-electron chi connectivity index (χ3n) is 20.1. The van der Waals surface area contributed by atoms with Crippen molar-refractivity contribution >= 4 is 0 Å². The molecule has 91 heavy (non-hydrogen) atoms. The van der Waals surface area contributed by atoms with Crippen LogP contribution in [0.5, 0.6) is 0 Å². The monoisotopic (exact) mass is 1210 g/mol. The maximum absolute atomic E-state index is 2.34. The van der Waals surface area contributed by atoms with E-state index in [0.717, 1.165) is 0 Å². The van der Waals surface area contributed by atoms with Gasteiger partial charge in [-0.15, -0.1) is 0 Å². The Balaban J connectivity index is 0.000000181. The molecule has 10 aromatic rings. The summed E-state index contributed by atoms with van der Waals surface area (Å²) in [6.07, 6.45) is 8.82. The molecule has 476 valence electrons. The van der Waals surface area contributed by atoms with Crippen molar-refractivity contribution in [2.75, 3.05) is 0 Å². The van der Waals surface area contributed by atoms with E-state index in [1.54, 1.807) is 0 Å². The summed E-state index contributed by atoms with van der Waals surface area (Å²) in [4.78, 5) is 0. The Hall–Kier alpha value is -8.15. The highest BCUT2D eigenvalue weighted by molar-refractivity contribution is 5.72. The molecule has 5 heterocycles. The zero-order valence-electron chi connectivity index (χ0n) is 62.2. The molecule has 0 spiro atoms. The van der Waals surface area contributed by atoms with Crippen LogP contribution in [0.15, 0.2) is 116 Å². The number of hydrogen-bond acceptors (Lipinski definition) is 0. The number of hydrogen-bond donors (Lipinski definition) is 0. The molecule has 0 unspecified atom stereocenters. The van der Waals surface area contributed by atoms with E-state index >= 15 is 0 Å². The average Bonchev–Trinajstić information content (AvgIpc) is 0.805. The first kappa shape index (κ1) is 71.9. The summed E-state index contributed by atoms with van der Waals surface area (Å²) in [5.41, 5.74) is 48.6. The van der Waals surface area contributed by atoms with Crippen LogP contribution < -0.4 is 22.8 Å². The molecule has 0 N–H and O–H groups in total. The van der Waals surface area contributed by atoms with Gasteiger partial charge in [0.2, 0.25) is 28.5 Å². The second kappa shape index (κ2) is 29.9. The Bertz CT molecular complexity index is 4310. The lowest BCUT2D eigenvalue weighted by atomic mass is 9.87. The van der Waals surface area contributed by atoms with Crippen LogP contribution in [0.1, 0.15) is 145 Å². The van der Waals surface area contributed by atoms with Crippen molar-refractivity contribution in [1.29, 1.82) is 0 Å². The first-order chi connectivity index (χ1) is 42.4.